The van der Waals surface area contributed by atoms with Gasteiger partial charge in [-0.25, -0.2) is 0 Å². The minimum atomic E-state index is -0.660. The number of anilines is 1. The lowest BCUT2D eigenvalue weighted by Crippen LogP contribution is -2.24. The number of hydrogen-bond donors (Lipinski definition) is 2. The van der Waals surface area contributed by atoms with Crippen LogP contribution in [0, 0.1) is 0 Å². The number of nitrogen functional groups attached to an aromatic ring is 1. The second kappa shape index (κ2) is 6.48. The maximum Gasteiger partial charge on any atom is 0.262 e. The Labute approximate surface area is 163 Å². The van der Waals surface area contributed by atoms with Crippen molar-refractivity contribution in [3.63, 3.8) is 0 Å². The van der Waals surface area contributed by atoms with Gasteiger partial charge in [0.05, 0.1) is 29.5 Å². The number of nitrogens with two attached hydrogens (primary N) is 1. The van der Waals surface area contributed by atoms with Gasteiger partial charge in [0.1, 0.15) is 17.3 Å². The third kappa shape index (κ3) is 2.80. The van der Waals surface area contributed by atoms with Crippen LogP contribution in [0.5, 0.6) is 5.75 Å². The predicted octanol–water partition coefficient (Wildman–Crippen LogP) is 1.77. The number of benzene rings is 1. The van der Waals surface area contributed by atoms with Gasteiger partial charge >= 0.3 is 0 Å². The first-order valence-electron chi connectivity index (χ1n) is 8.52. The Morgan fingerprint density at radius 3 is 2.48 bits per heavy atom. The summed E-state index contributed by atoms with van der Waals surface area (Å²) < 4.78 is 12.1. The zero-order valence-corrected chi connectivity index (χ0v) is 15.4. The van der Waals surface area contributed by atoms with Crippen molar-refractivity contribution < 1.29 is 23.5 Å². The molecule has 4 rings (SSSR count). The van der Waals surface area contributed by atoms with E-state index in [1.807, 2.05) is 0 Å². The van der Waals surface area contributed by atoms with Gasteiger partial charge in [-0.2, -0.15) is 0 Å². The fraction of sp³-hybridized carbons (Fsp3) is 0.100. The minimum absolute atomic E-state index is 0.0465. The normalized spacial score (nSPS) is 12.6. The molecular weight excluding hydrogens is 378 g/mol. The third-order valence-electron chi connectivity index (χ3n) is 4.62. The number of fused-ring (bicyclic) bond motifs is 1. The third-order valence-corrected chi connectivity index (χ3v) is 4.62. The first-order valence-corrected chi connectivity index (χ1v) is 8.52. The number of nitrogens with zero attached hydrogens (tertiary/aromatic N) is 1. The molecule has 0 radical (unpaired) electrons. The lowest BCUT2D eigenvalue weighted by atomic mass is 10.1. The molecule has 0 saturated carbocycles. The van der Waals surface area contributed by atoms with Gasteiger partial charge in [-0.1, -0.05) is 0 Å². The van der Waals surface area contributed by atoms with Gasteiger partial charge in [-0.15, -0.1) is 0 Å². The first-order chi connectivity index (χ1) is 13.8. The summed E-state index contributed by atoms with van der Waals surface area (Å²) in [6, 6.07) is 9.04. The molecule has 2 amide bonds. The highest BCUT2D eigenvalue weighted by Gasteiger charge is 2.32. The van der Waals surface area contributed by atoms with Crippen LogP contribution >= 0.6 is 0 Å². The number of carbonyl (C=O) groups excluding carboxylic acids is 3. The second-order valence-electron chi connectivity index (χ2n) is 6.38. The number of amides is 2. The van der Waals surface area contributed by atoms with Gasteiger partial charge in [0.15, 0.2) is 11.5 Å². The Balaban J connectivity index is 1.86. The van der Waals surface area contributed by atoms with Gasteiger partial charge in [-0.3, -0.25) is 29.1 Å². The van der Waals surface area contributed by atoms with Crippen molar-refractivity contribution in [3.8, 4) is 22.8 Å². The van der Waals surface area contributed by atoms with E-state index in [2.05, 4.69) is 5.32 Å². The maximum absolute atomic E-state index is 12.6. The average molecular weight is 393 g/mol. The van der Waals surface area contributed by atoms with E-state index in [1.165, 1.54) is 14.0 Å². The topological polar surface area (TPSA) is 134 Å². The van der Waals surface area contributed by atoms with Gasteiger partial charge in [-0.05, 0) is 24.3 Å². The van der Waals surface area contributed by atoms with Crippen molar-refractivity contribution in [1.82, 2.24) is 9.88 Å². The van der Waals surface area contributed by atoms with Gasteiger partial charge in [0.2, 0.25) is 0 Å². The van der Waals surface area contributed by atoms with Crippen LogP contribution in [0.2, 0.25) is 0 Å². The number of ether oxygens (including phenoxy) is 1. The summed E-state index contributed by atoms with van der Waals surface area (Å²) in [5.41, 5.74) is 6.28. The molecule has 0 aliphatic carbocycles. The maximum atomic E-state index is 12.6. The molecule has 9 nitrogen and oxygen atoms in total. The van der Waals surface area contributed by atoms with Crippen molar-refractivity contribution in [1.29, 1.82) is 0 Å². The van der Waals surface area contributed by atoms with Crippen LogP contribution < -0.4 is 21.3 Å². The minimum Gasteiger partial charge on any atom is -0.496 e. The molecule has 3 aromatic rings. The number of methoxy groups -OCH3 is 1. The smallest absolute Gasteiger partial charge is 0.262 e. The van der Waals surface area contributed by atoms with Crippen LogP contribution in [-0.4, -0.2) is 29.3 Å². The Morgan fingerprint density at radius 1 is 1.07 bits per heavy atom. The molecule has 0 unspecified atom stereocenters. The number of imide groups is 1. The molecule has 9 heteroatoms. The largest absolute Gasteiger partial charge is 0.496 e. The fourth-order valence-corrected chi connectivity index (χ4v) is 3.24. The molecule has 2 aromatic heterocycles. The number of pyridine rings is 1. The quantitative estimate of drug-likeness (QED) is 0.510. The number of rotatable bonds is 4. The molecule has 146 valence electrons. The number of ketones is 1. The molecule has 0 atom stereocenters. The van der Waals surface area contributed by atoms with E-state index < -0.39 is 17.4 Å². The molecule has 0 saturated heterocycles. The summed E-state index contributed by atoms with van der Waals surface area (Å²) in [4.78, 5) is 47.9. The molecule has 0 bridgehead atoms. The van der Waals surface area contributed by atoms with Crippen molar-refractivity contribution in [2.24, 2.45) is 0 Å². The van der Waals surface area contributed by atoms with Crippen molar-refractivity contribution in [2.75, 3.05) is 12.8 Å². The Bertz CT molecular complexity index is 1270. The van der Waals surface area contributed by atoms with E-state index in [0.29, 0.717) is 22.8 Å². The van der Waals surface area contributed by atoms with Crippen LogP contribution in [0.3, 0.4) is 0 Å². The zero-order valence-electron chi connectivity index (χ0n) is 15.4. The van der Waals surface area contributed by atoms with E-state index in [0.717, 1.165) is 10.6 Å². The highest BCUT2D eigenvalue weighted by molar-refractivity contribution is 6.23. The van der Waals surface area contributed by atoms with Crippen LogP contribution in [0.15, 0.2) is 45.6 Å². The molecule has 0 fully saturated rings. The van der Waals surface area contributed by atoms with E-state index in [1.54, 1.807) is 30.3 Å². The highest BCUT2D eigenvalue weighted by Crippen LogP contribution is 2.34. The second-order valence-corrected chi connectivity index (χ2v) is 6.38. The lowest BCUT2D eigenvalue weighted by Gasteiger charge is -2.14. The summed E-state index contributed by atoms with van der Waals surface area (Å²) in [5, 5.41) is 2.12. The standard InChI is InChI=1S/C20H15N3O6/c1-9(24)13-5-6-14(29-13)11-4-3-10(7-15(11)28-2)23-16(25)8-12-17(18(23)21)20(27)22-19(12)26/h3-8H,21H2,1-2H3,(H,22,26,27). The van der Waals surface area contributed by atoms with Crippen molar-refractivity contribution in [3.05, 3.63) is 63.6 Å². The average Bonchev–Trinajstić information content (AvgIpc) is 3.27. The number of Topliss-reactive ketones (excluding diaryl/α,β-unsaturated/α-hetero) is 1. The SMILES string of the molecule is COc1cc(-n2c(N)c3c(cc2=O)C(=O)NC3=O)ccc1-c1ccc(C(C)=O)o1. The monoisotopic (exact) mass is 393 g/mol. The zero-order chi connectivity index (χ0) is 20.9. The summed E-state index contributed by atoms with van der Waals surface area (Å²) >= 11 is 0. The van der Waals surface area contributed by atoms with Crippen LogP contribution in [0.25, 0.3) is 17.0 Å². The van der Waals surface area contributed by atoms with Gasteiger partial charge in [0.25, 0.3) is 17.4 Å². The molecule has 1 aliphatic rings. The predicted molar refractivity (Wildman–Crippen MR) is 103 cm³/mol. The molecule has 29 heavy (non-hydrogen) atoms. The van der Waals surface area contributed by atoms with Crippen molar-refractivity contribution in [2.45, 2.75) is 6.92 Å². The van der Waals surface area contributed by atoms with E-state index in [9.17, 15) is 19.2 Å². The number of carbonyl (C=O) groups is 3. The molecule has 0 spiro atoms. The van der Waals surface area contributed by atoms with Gasteiger partial charge < -0.3 is 14.9 Å². The Hall–Kier alpha value is -4.14. The summed E-state index contributed by atoms with van der Waals surface area (Å²) in [6.45, 7) is 1.40. The van der Waals surface area contributed by atoms with Crippen LogP contribution in [0.1, 0.15) is 38.2 Å². The highest BCUT2D eigenvalue weighted by atomic mass is 16.5. The van der Waals surface area contributed by atoms with E-state index in [-0.39, 0.29) is 28.5 Å². The Kier molecular flexibility index (Phi) is 4.08. The summed E-state index contributed by atoms with van der Waals surface area (Å²) in [7, 11) is 1.44. The van der Waals surface area contributed by atoms with Crippen molar-refractivity contribution >= 4 is 23.4 Å². The van der Waals surface area contributed by atoms with E-state index >= 15 is 0 Å². The number of furan rings is 1. The number of aromatic nitrogens is 1. The first kappa shape index (κ1) is 18.2. The van der Waals surface area contributed by atoms with E-state index in [4.69, 9.17) is 14.9 Å². The lowest BCUT2D eigenvalue weighted by molar-refractivity contribution is 0.0878. The summed E-state index contributed by atoms with van der Waals surface area (Å²) in [6.07, 6.45) is 0. The van der Waals surface area contributed by atoms with Gasteiger partial charge in [0, 0.05) is 19.1 Å². The molecular formula is C20H15N3O6. The molecule has 3 N–H and O–H groups in total. The molecule has 1 aliphatic heterocycles. The van der Waals surface area contributed by atoms with Crippen LogP contribution in [0.4, 0.5) is 5.82 Å². The Morgan fingerprint density at radius 2 is 1.83 bits per heavy atom. The fourth-order valence-electron chi connectivity index (χ4n) is 3.24. The number of hydrogen-bond acceptors (Lipinski definition) is 7. The molecule has 3 heterocycles. The summed E-state index contributed by atoms with van der Waals surface area (Å²) in [5.74, 6) is -0.696. The van der Waals surface area contributed by atoms with Crippen LogP contribution in [-0.2, 0) is 0 Å². The molecule has 1 aromatic carbocycles. The number of nitrogens with one attached hydrogen (secondary N) is 1.